The normalized spacial score (nSPS) is 19.4. The van der Waals surface area contributed by atoms with Gasteiger partial charge < -0.3 is 15.5 Å². The van der Waals surface area contributed by atoms with Gasteiger partial charge in [0.1, 0.15) is 5.82 Å². The molecule has 0 spiro atoms. The van der Waals surface area contributed by atoms with Gasteiger partial charge >= 0.3 is 0 Å². The largest absolute Gasteiger partial charge is 0.355 e. The van der Waals surface area contributed by atoms with E-state index in [1.807, 2.05) is 0 Å². The number of nitrogens with two attached hydrogens (primary N) is 1. The summed E-state index contributed by atoms with van der Waals surface area (Å²) in [4.78, 5) is 9.50. The van der Waals surface area contributed by atoms with Crippen molar-refractivity contribution in [2.24, 2.45) is 5.73 Å². The minimum atomic E-state index is 0.594. The molecule has 0 amide bonds. The molecule has 1 unspecified atom stereocenters. The van der Waals surface area contributed by atoms with Crippen LogP contribution in [0.2, 0.25) is 0 Å². The van der Waals surface area contributed by atoms with Gasteiger partial charge in [0.25, 0.3) is 0 Å². The second-order valence-corrected chi connectivity index (χ2v) is 5.63. The van der Waals surface area contributed by atoms with Crippen LogP contribution in [-0.2, 0) is 13.0 Å². The van der Waals surface area contributed by atoms with E-state index in [0.717, 1.165) is 31.7 Å². The summed E-state index contributed by atoms with van der Waals surface area (Å²) >= 11 is 0. The molecule has 2 N–H and O–H groups in total. The lowest BCUT2D eigenvalue weighted by Gasteiger charge is -2.22. The highest BCUT2D eigenvalue weighted by molar-refractivity contribution is 5.44. The van der Waals surface area contributed by atoms with Crippen molar-refractivity contribution in [2.75, 3.05) is 32.1 Å². The molecule has 106 valence electrons. The second-order valence-electron chi connectivity index (χ2n) is 5.63. The number of nitrogens with zero attached hydrogens (tertiary/aromatic N) is 3. The van der Waals surface area contributed by atoms with E-state index in [-0.39, 0.29) is 0 Å². The highest BCUT2D eigenvalue weighted by Gasteiger charge is 2.25. The predicted molar refractivity (Wildman–Crippen MR) is 80.4 cm³/mol. The Balaban J connectivity index is 2.17. The summed E-state index contributed by atoms with van der Waals surface area (Å²) in [6.45, 7) is 4.95. The lowest BCUT2D eigenvalue weighted by Crippen LogP contribution is -2.31. The number of aromatic nitrogens is 1. The van der Waals surface area contributed by atoms with E-state index in [0.29, 0.717) is 12.6 Å². The molecule has 2 heterocycles. The van der Waals surface area contributed by atoms with E-state index in [2.05, 4.69) is 43.0 Å². The van der Waals surface area contributed by atoms with Crippen LogP contribution in [0.4, 0.5) is 5.82 Å². The van der Waals surface area contributed by atoms with Crippen LogP contribution in [0.1, 0.15) is 31.0 Å². The molecule has 1 aromatic heterocycles. The van der Waals surface area contributed by atoms with Crippen LogP contribution in [0.15, 0.2) is 12.1 Å². The molecule has 1 fully saturated rings. The molecule has 4 nitrogen and oxygen atoms in total. The first-order valence-corrected chi connectivity index (χ1v) is 7.25. The summed E-state index contributed by atoms with van der Waals surface area (Å²) < 4.78 is 0. The standard InChI is InChI=1S/C15H26N4/c1-4-5-13-8-12(10-16)9-15(17-13)19-7-6-14(11-19)18(2)3/h8-9,14H,4-7,10-11,16H2,1-3H3. The summed E-state index contributed by atoms with van der Waals surface area (Å²) in [5.41, 5.74) is 8.17. The SMILES string of the molecule is CCCc1cc(CN)cc(N2CCC(N(C)C)C2)n1. The third-order valence-corrected chi connectivity index (χ3v) is 3.88. The van der Waals surface area contributed by atoms with Crippen molar-refractivity contribution in [1.29, 1.82) is 0 Å². The fourth-order valence-electron chi connectivity index (χ4n) is 2.67. The molecule has 1 aliphatic rings. The van der Waals surface area contributed by atoms with Crippen molar-refractivity contribution in [3.63, 3.8) is 0 Å². The van der Waals surface area contributed by atoms with Crippen LogP contribution in [0.3, 0.4) is 0 Å². The number of likely N-dealkylation sites (N-methyl/N-ethyl adjacent to an activating group) is 1. The van der Waals surface area contributed by atoms with Crippen molar-refractivity contribution >= 4 is 5.82 Å². The van der Waals surface area contributed by atoms with Crippen molar-refractivity contribution in [2.45, 2.75) is 38.8 Å². The molecule has 0 aromatic carbocycles. The number of hydrogen-bond donors (Lipinski definition) is 1. The van der Waals surface area contributed by atoms with Crippen LogP contribution < -0.4 is 10.6 Å². The molecule has 0 radical (unpaired) electrons. The Kier molecular flexibility index (Phi) is 4.77. The number of hydrogen-bond acceptors (Lipinski definition) is 4. The van der Waals surface area contributed by atoms with Gasteiger partial charge in [0.15, 0.2) is 0 Å². The van der Waals surface area contributed by atoms with Crippen molar-refractivity contribution < 1.29 is 0 Å². The highest BCUT2D eigenvalue weighted by atomic mass is 15.3. The van der Waals surface area contributed by atoms with E-state index in [4.69, 9.17) is 10.7 Å². The maximum atomic E-state index is 5.80. The number of rotatable bonds is 5. The Bertz CT molecular complexity index is 417. The van der Waals surface area contributed by atoms with E-state index >= 15 is 0 Å². The maximum Gasteiger partial charge on any atom is 0.129 e. The van der Waals surface area contributed by atoms with Gasteiger partial charge in [-0.25, -0.2) is 4.98 Å². The summed E-state index contributed by atoms with van der Waals surface area (Å²) in [5, 5.41) is 0. The molecule has 0 aliphatic carbocycles. The summed E-state index contributed by atoms with van der Waals surface area (Å²) in [5.74, 6) is 1.11. The Morgan fingerprint density at radius 3 is 2.79 bits per heavy atom. The first-order chi connectivity index (χ1) is 9.13. The van der Waals surface area contributed by atoms with E-state index < -0.39 is 0 Å². The van der Waals surface area contributed by atoms with Gasteiger partial charge in [-0.05, 0) is 44.6 Å². The first-order valence-electron chi connectivity index (χ1n) is 7.25. The Morgan fingerprint density at radius 2 is 2.21 bits per heavy atom. The quantitative estimate of drug-likeness (QED) is 0.876. The molecule has 0 bridgehead atoms. The van der Waals surface area contributed by atoms with Gasteiger partial charge in [0.05, 0.1) is 0 Å². The molecular formula is C15H26N4. The summed E-state index contributed by atoms with van der Waals surface area (Å²) in [6, 6.07) is 4.93. The minimum absolute atomic E-state index is 0.594. The zero-order valence-electron chi connectivity index (χ0n) is 12.4. The third-order valence-electron chi connectivity index (χ3n) is 3.88. The fraction of sp³-hybridized carbons (Fsp3) is 0.667. The van der Waals surface area contributed by atoms with Crippen LogP contribution in [0.5, 0.6) is 0 Å². The Hall–Kier alpha value is -1.13. The molecular weight excluding hydrogens is 236 g/mol. The van der Waals surface area contributed by atoms with Crippen molar-refractivity contribution in [3.05, 3.63) is 23.4 Å². The van der Waals surface area contributed by atoms with Gasteiger partial charge in [-0.15, -0.1) is 0 Å². The van der Waals surface area contributed by atoms with Crippen molar-refractivity contribution in [1.82, 2.24) is 9.88 Å². The van der Waals surface area contributed by atoms with Gasteiger partial charge in [-0.2, -0.15) is 0 Å². The average Bonchev–Trinajstić information content (AvgIpc) is 2.88. The third kappa shape index (κ3) is 3.45. The van der Waals surface area contributed by atoms with Crippen LogP contribution in [-0.4, -0.2) is 43.1 Å². The van der Waals surface area contributed by atoms with Gasteiger partial charge in [-0.3, -0.25) is 0 Å². The monoisotopic (exact) mass is 262 g/mol. The molecule has 0 saturated carbocycles. The summed E-state index contributed by atoms with van der Waals surface area (Å²) in [7, 11) is 4.31. The van der Waals surface area contributed by atoms with Gasteiger partial charge in [0.2, 0.25) is 0 Å². The molecule has 1 aliphatic heterocycles. The van der Waals surface area contributed by atoms with Crippen LogP contribution >= 0.6 is 0 Å². The zero-order chi connectivity index (χ0) is 13.8. The topological polar surface area (TPSA) is 45.4 Å². The fourth-order valence-corrected chi connectivity index (χ4v) is 2.67. The number of anilines is 1. The lowest BCUT2D eigenvalue weighted by atomic mass is 10.1. The van der Waals surface area contributed by atoms with Crippen molar-refractivity contribution in [3.8, 4) is 0 Å². The molecule has 1 saturated heterocycles. The van der Waals surface area contributed by atoms with Gasteiger partial charge in [0, 0.05) is 31.4 Å². The van der Waals surface area contributed by atoms with Gasteiger partial charge in [-0.1, -0.05) is 13.3 Å². The van der Waals surface area contributed by atoms with E-state index in [1.54, 1.807) is 0 Å². The summed E-state index contributed by atoms with van der Waals surface area (Å²) in [6.07, 6.45) is 3.37. The number of pyridine rings is 1. The number of aryl methyl sites for hydroxylation is 1. The molecule has 1 aromatic rings. The molecule has 1 atom stereocenters. The average molecular weight is 262 g/mol. The second kappa shape index (κ2) is 6.35. The molecule has 2 rings (SSSR count). The van der Waals surface area contributed by atoms with Crippen LogP contribution in [0.25, 0.3) is 0 Å². The Morgan fingerprint density at radius 1 is 1.42 bits per heavy atom. The molecule has 19 heavy (non-hydrogen) atoms. The highest BCUT2D eigenvalue weighted by Crippen LogP contribution is 2.22. The maximum absolute atomic E-state index is 5.80. The molecule has 4 heteroatoms. The zero-order valence-corrected chi connectivity index (χ0v) is 12.4. The minimum Gasteiger partial charge on any atom is -0.355 e. The Labute approximate surface area is 116 Å². The van der Waals surface area contributed by atoms with E-state index in [9.17, 15) is 0 Å². The smallest absolute Gasteiger partial charge is 0.129 e. The first kappa shape index (κ1) is 14.3. The van der Waals surface area contributed by atoms with E-state index in [1.165, 1.54) is 17.7 Å². The van der Waals surface area contributed by atoms with Crippen LogP contribution in [0, 0.1) is 0 Å². The lowest BCUT2D eigenvalue weighted by molar-refractivity contribution is 0.315. The predicted octanol–water partition coefficient (Wildman–Crippen LogP) is 1.63.